The topological polar surface area (TPSA) is 218 Å². The fraction of sp³-hybridized carbons (Fsp3) is 0.286. The average Bonchev–Trinajstić information content (AvgIpc) is 2.27. The van der Waals surface area contributed by atoms with Crippen molar-refractivity contribution < 1.29 is 0 Å². The molecule has 0 unspecified atom stereocenters. The molecule has 0 aromatic carbocycles. The van der Waals surface area contributed by atoms with Crippen molar-refractivity contribution in [1.29, 1.82) is 0 Å². The highest BCUT2D eigenvalue weighted by Crippen LogP contribution is 2.05. The largest absolute Gasteiger partial charge is 0.370 e. The van der Waals surface area contributed by atoms with E-state index < -0.39 is 0 Å². The standard InChI is InChI=1S/C7H16N12/c8-3(9)13-1-15-6-17-5(12)18-7(19-6)16-2-14-4(10)11/h1-2H2,(H4,8,9,13)(H4,10,11,14)(H4,12,15,16,17,18,19). The molecular formula is C7H16N12. The monoisotopic (exact) mass is 268 g/mol. The fourth-order valence-electron chi connectivity index (χ4n) is 0.953. The van der Waals surface area contributed by atoms with Crippen LogP contribution in [0.5, 0.6) is 0 Å². The Bertz CT molecular complexity index is 431. The van der Waals surface area contributed by atoms with Crippen molar-refractivity contribution >= 4 is 29.8 Å². The summed E-state index contributed by atoms with van der Waals surface area (Å²) in [7, 11) is 0. The molecular weight excluding hydrogens is 252 g/mol. The van der Waals surface area contributed by atoms with Gasteiger partial charge in [-0.1, -0.05) is 0 Å². The van der Waals surface area contributed by atoms with Crippen molar-refractivity contribution in [3.05, 3.63) is 0 Å². The van der Waals surface area contributed by atoms with Gasteiger partial charge in [0.05, 0.1) is 0 Å². The number of anilines is 3. The van der Waals surface area contributed by atoms with Crippen LogP contribution in [0, 0.1) is 0 Å². The van der Waals surface area contributed by atoms with Crippen LogP contribution in [0.2, 0.25) is 0 Å². The minimum atomic E-state index is -0.0550. The highest BCUT2D eigenvalue weighted by molar-refractivity contribution is 5.76. The molecule has 1 heterocycles. The molecule has 1 rings (SSSR count). The Morgan fingerprint density at radius 2 is 1.26 bits per heavy atom. The summed E-state index contributed by atoms with van der Waals surface area (Å²) in [6.45, 7) is 0.220. The van der Waals surface area contributed by atoms with Gasteiger partial charge in [0.15, 0.2) is 11.9 Å². The van der Waals surface area contributed by atoms with E-state index in [0.717, 1.165) is 0 Å². The van der Waals surface area contributed by atoms with Crippen LogP contribution in [0.25, 0.3) is 0 Å². The minimum absolute atomic E-state index is 0.0226. The third-order valence-electron chi connectivity index (χ3n) is 1.65. The van der Waals surface area contributed by atoms with Crippen molar-refractivity contribution in [2.24, 2.45) is 32.9 Å². The van der Waals surface area contributed by atoms with Crippen LogP contribution in [-0.4, -0.2) is 40.2 Å². The number of aliphatic imine (C=N–C) groups is 2. The molecule has 0 atom stereocenters. The number of hydrogen-bond donors (Lipinski definition) is 7. The maximum atomic E-state index is 5.51. The Morgan fingerprint density at radius 1 is 0.842 bits per heavy atom. The molecule has 12 nitrogen and oxygen atoms in total. The molecule has 104 valence electrons. The molecule has 12 N–H and O–H groups in total. The van der Waals surface area contributed by atoms with E-state index in [2.05, 4.69) is 35.6 Å². The average molecular weight is 268 g/mol. The maximum absolute atomic E-state index is 5.51. The fourth-order valence-corrected chi connectivity index (χ4v) is 0.953. The second-order valence-electron chi connectivity index (χ2n) is 3.18. The zero-order chi connectivity index (χ0) is 14.3. The lowest BCUT2D eigenvalue weighted by Crippen LogP contribution is -2.24. The van der Waals surface area contributed by atoms with Crippen LogP contribution in [0.3, 0.4) is 0 Å². The van der Waals surface area contributed by atoms with Crippen LogP contribution in [0.1, 0.15) is 0 Å². The van der Waals surface area contributed by atoms with Crippen LogP contribution < -0.4 is 39.3 Å². The van der Waals surface area contributed by atoms with E-state index in [-0.39, 0.29) is 43.1 Å². The van der Waals surface area contributed by atoms with Crippen molar-refractivity contribution in [3.63, 3.8) is 0 Å². The molecule has 0 spiro atoms. The molecule has 0 bridgehead atoms. The first-order valence-corrected chi connectivity index (χ1v) is 5.07. The van der Waals surface area contributed by atoms with Gasteiger partial charge in [-0.05, 0) is 0 Å². The lowest BCUT2D eigenvalue weighted by molar-refractivity contribution is 0.986. The highest BCUT2D eigenvalue weighted by Gasteiger charge is 2.02. The van der Waals surface area contributed by atoms with E-state index in [9.17, 15) is 0 Å². The zero-order valence-electron chi connectivity index (χ0n) is 10.0. The summed E-state index contributed by atoms with van der Waals surface area (Å²) in [4.78, 5) is 19.1. The van der Waals surface area contributed by atoms with Crippen molar-refractivity contribution in [1.82, 2.24) is 15.0 Å². The molecule has 0 aliphatic carbocycles. The quantitative estimate of drug-likeness (QED) is 0.201. The number of nitrogens with one attached hydrogen (secondary N) is 2. The van der Waals surface area contributed by atoms with Gasteiger partial charge in [-0.2, -0.15) is 15.0 Å². The summed E-state index contributed by atoms with van der Waals surface area (Å²) in [6, 6.07) is 0. The van der Waals surface area contributed by atoms with Crippen molar-refractivity contribution in [2.75, 3.05) is 29.7 Å². The predicted molar refractivity (Wildman–Crippen MR) is 72.8 cm³/mol. The second kappa shape index (κ2) is 6.63. The molecule has 0 aliphatic heterocycles. The summed E-state index contributed by atoms with van der Waals surface area (Å²) >= 11 is 0. The number of nitrogens with two attached hydrogens (primary N) is 5. The molecule has 0 aliphatic rings. The molecule has 0 saturated heterocycles. The molecule has 0 amide bonds. The molecule has 12 heteroatoms. The van der Waals surface area contributed by atoms with Crippen molar-refractivity contribution in [2.45, 2.75) is 0 Å². The number of hydrogen-bond acceptors (Lipinski definition) is 8. The van der Waals surface area contributed by atoms with E-state index in [4.69, 9.17) is 28.7 Å². The summed E-state index contributed by atoms with van der Waals surface area (Å²) < 4.78 is 0. The van der Waals surface area contributed by atoms with Gasteiger partial charge in [-0.15, -0.1) is 0 Å². The van der Waals surface area contributed by atoms with Gasteiger partial charge in [0.1, 0.15) is 13.3 Å². The number of rotatable bonds is 6. The Hall–Kier alpha value is -3.05. The summed E-state index contributed by atoms with van der Waals surface area (Å²) in [6.07, 6.45) is 0. The number of guanidine groups is 2. The van der Waals surface area contributed by atoms with Gasteiger partial charge in [-0.3, -0.25) is 0 Å². The SMILES string of the molecule is NC(N)=NCNc1nc(N)nc(NCN=C(N)N)n1. The van der Waals surface area contributed by atoms with Crippen LogP contribution in [-0.2, 0) is 0 Å². The number of nitrogens with zero attached hydrogens (tertiary/aromatic N) is 5. The van der Waals surface area contributed by atoms with Crippen LogP contribution in [0.15, 0.2) is 9.98 Å². The first-order valence-electron chi connectivity index (χ1n) is 5.07. The Labute approximate surface area is 108 Å². The smallest absolute Gasteiger partial charge is 0.230 e. The summed E-state index contributed by atoms with van der Waals surface area (Å²) in [5.74, 6) is 0.338. The third kappa shape index (κ3) is 5.71. The Kier molecular flexibility index (Phi) is 4.89. The molecule has 1 aromatic rings. The van der Waals surface area contributed by atoms with E-state index in [1.54, 1.807) is 0 Å². The van der Waals surface area contributed by atoms with Gasteiger partial charge < -0.3 is 39.3 Å². The maximum Gasteiger partial charge on any atom is 0.230 e. The molecule has 19 heavy (non-hydrogen) atoms. The lowest BCUT2D eigenvalue weighted by atomic mass is 10.8. The molecule has 1 aromatic heterocycles. The van der Waals surface area contributed by atoms with Gasteiger partial charge >= 0.3 is 0 Å². The highest BCUT2D eigenvalue weighted by atomic mass is 15.3. The predicted octanol–water partition coefficient (Wildman–Crippen LogP) is -3.26. The number of nitrogen functional groups attached to an aromatic ring is 1. The van der Waals surface area contributed by atoms with Gasteiger partial charge in [0.25, 0.3) is 0 Å². The first kappa shape index (κ1) is 14.0. The first-order chi connectivity index (χ1) is 8.97. The summed E-state index contributed by atoms with van der Waals surface area (Å²) in [5.41, 5.74) is 26.2. The van der Waals surface area contributed by atoms with Gasteiger partial charge in [0, 0.05) is 0 Å². The van der Waals surface area contributed by atoms with E-state index in [1.165, 1.54) is 0 Å². The normalized spacial score (nSPS) is 9.47. The van der Waals surface area contributed by atoms with E-state index in [1.807, 2.05) is 0 Å². The number of aromatic nitrogens is 3. The van der Waals surface area contributed by atoms with Crippen molar-refractivity contribution in [3.8, 4) is 0 Å². The molecule has 0 radical (unpaired) electrons. The van der Waals surface area contributed by atoms with E-state index >= 15 is 0 Å². The Morgan fingerprint density at radius 3 is 1.63 bits per heavy atom. The zero-order valence-corrected chi connectivity index (χ0v) is 10.0. The molecule has 0 fully saturated rings. The Balaban J connectivity index is 2.65. The van der Waals surface area contributed by atoms with Gasteiger partial charge in [-0.25, -0.2) is 9.98 Å². The minimum Gasteiger partial charge on any atom is -0.370 e. The molecule has 0 saturated carbocycles. The second-order valence-corrected chi connectivity index (χ2v) is 3.18. The van der Waals surface area contributed by atoms with Gasteiger partial charge in [0.2, 0.25) is 17.8 Å². The van der Waals surface area contributed by atoms with Crippen LogP contribution >= 0.6 is 0 Å². The van der Waals surface area contributed by atoms with Crippen LogP contribution in [0.4, 0.5) is 17.8 Å². The third-order valence-corrected chi connectivity index (χ3v) is 1.65. The lowest BCUT2D eigenvalue weighted by Gasteiger charge is -2.06. The van der Waals surface area contributed by atoms with E-state index in [0.29, 0.717) is 0 Å². The summed E-state index contributed by atoms with van der Waals surface area (Å²) in [5, 5.41) is 5.48.